The second-order valence-electron chi connectivity index (χ2n) is 2.25. The number of nitrogens with zero attached hydrogens (tertiary/aromatic N) is 3. The van der Waals surface area contributed by atoms with Gasteiger partial charge < -0.3 is 4.98 Å². The molecule has 2 heterocycles. The number of aromatic nitrogens is 2. The number of thioether (sulfide) groups is 1. The van der Waals surface area contributed by atoms with Crippen molar-refractivity contribution in [2.45, 2.75) is 5.16 Å². The molecule has 0 aromatic carbocycles. The molecule has 1 N–H and O–H groups in total. The van der Waals surface area contributed by atoms with Crippen LogP contribution in [0.25, 0.3) is 0 Å². The standard InChI is InChI=1S/C6H4N4OS2/c1-13-6-9-3-2(4(12)10-6)7-5(11)8-3/h1H3,(H,8,9,10,11,12). The van der Waals surface area contributed by atoms with E-state index in [9.17, 15) is 4.79 Å². The summed E-state index contributed by atoms with van der Waals surface area (Å²) < 4.78 is 0.313. The highest BCUT2D eigenvalue weighted by atomic mass is 32.2. The Hall–Kier alpha value is -1.08. The monoisotopic (exact) mass is 212 g/mol. The van der Waals surface area contributed by atoms with Crippen LogP contribution in [0.15, 0.2) is 15.1 Å². The number of amides is 2. The molecule has 0 fully saturated rings. The third kappa shape index (κ3) is 1.40. The number of carbonyl (C=O) groups is 1. The van der Waals surface area contributed by atoms with Crippen molar-refractivity contribution in [1.82, 2.24) is 9.97 Å². The van der Waals surface area contributed by atoms with Crippen LogP contribution in [0.4, 0.5) is 4.79 Å². The fraction of sp³-hybridized carbons (Fsp3) is 0.167. The summed E-state index contributed by atoms with van der Waals surface area (Å²) >= 11 is 6.34. The number of hydrogen-bond acceptors (Lipinski definition) is 4. The molecular formula is C6H4N4OS2. The Bertz CT molecular complexity index is 547. The van der Waals surface area contributed by atoms with Crippen molar-refractivity contribution in [3.05, 3.63) is 15.5 Å². The summed E-state index contributed by atoms with van der Waals surface area (Å²) in [4.78, 5) is 24.9. The zero-order valence-electron chi connectivity index (χ0n) is 6.57. The lowest BCUT2D eigenvalue weighted by Crippen LogP contribution is -2.28. The Morgan fingerprint density at radius 1 is 1.46 bits per heavy atom. The highest BCUT2D eigenvalue weighted by Crippen LogP contribution is 2.02. The van der Waals surface area contributed by atoms with Gasteiger partial charge >= 0.3 is 6.03 Å². The van der Waals surface area contributed by atoms with Gasteiger partial charge in [0, 0.05) is 0 Å². The van der Waals surface area contributed by atoms with Crippen LogP contribution in [0.1, 0.15) is 0 Å². The number of carbonyl (C=O) groups excluding carboxylic acids is 1. The Balaban J connectivity index is 2.89. The van der Waals surface area contributed by atoms with Crippen LogP contribution in [0.2, 0.25) is 0 Å². The van der Waals surface area contributed by atoms with Crippen LogP contribution in [0, 0.1) is 4.64 Å². The normalized spacial score (nSPS) is 13.5. The van der Waals surface area contributed by atoms with Crippen LogP contribution in [0.3, 0.4) is 0 Å². The Morgan fingerprint density at radius 2 is 2.23 bits per heavy atom. The lowest BCUT2D eigenvalue weighted by molar-refractivity contribution is 0.256. The first kappa shape index (κ1) is 8.52. The van der Waals surface area contributed by atoms with Crippen LogP contribution in [-0.4, -0.2) is 22.3 Å². The number of urea groups is 1. The van der Waals surface area contributed by atoms with E-state index in [0.29, 0.717) is 20.6 Å². The van der Waals surface area contributed by atoms with E-state index in [4.69, 9.17) is 12.2 Å². The quantitative estimate of drug-likeness (QED) is 0.411. The molecule has 1 aromatic rings. The van der Waals surface area contributed by atoms with Crippen LogP contribution in [0.5, 0.6) is 0 Å². The molecule has 5 nitrogen and oxygen atoms in total. The molecule has 0 bridgehead atoms. The fourth-order valence-electron chi connectivity index (χ4n) is 0.930. The highest BCUT2D eigenvalue weighted by Gasteiger charge is 2.08. The van der Waals surface area contributed by atoms with Crippen LogP contribution >= 0.6 is 24.0 Å². The number of rotatable bonds is 1. The molecule has 1 aliphatic rings. The molecule has 66 valence electrons. The van der Waals surface area contributed by atoms with Crippen molar-refractivity contribution in [1.29, 1.82) is 0 Å². The van der Waals surface area contributed by atoms with Crippen molar-refractivity contribution in [3.8, 4) is 0 Å². The fourth-order valence-corrected chi connectivity index (χ4v) is 1.60. The van der Waals surface area contributed by atoms with E-state index < -0.39 is 6.03 Å². The number of hydrogen-bond donors (Lipinski definition) is 1. The molecule has 0 saturated carbocycles. The lowest BCUT2D eigenvalue weighted by atomic mass is 10.6. The maximum Gasteiger partial charge on any atom is 0.369 e. The molecule has 13 heavy (non-hydrogen) atoms. The third-order valence-corrected chi connectivity index (χ3v) is 2.33. The number of H-pyrrole nitrogens is 1. The SMILES string of the molecule is CSc1nc(=S)c2c([nH]1)=NC(=O)N=2. The second-order valence-corrected chi connectivity index (χ2v) is 3.44. The highest BCUT2D eigenvalue weighted by molar-refractivity contribution is 7.98. The summed E-state index contributed by atoms with van der Waals surface area (Å²) in [5, 5.41) is 1.01. The van der Waals surface area contributed by atoms with Crippen molar-refractivity contribution < 1.29 is 4.79 Å². The van der Waals surface area contributed by atoms with Gasteiger partial charge in [0.05, 0.1) is 0 Å². The van der Waals surface area contributed by atoms with Gasteiger partial charge in [-0.3, -0.25) is 0 Å². The summed E-state index contributed by atoms with van der Waals surface area (Å²) in [6.07, 6.45) is 1.86. The van der Waals surface area contributed by atoms with Crippen LogP contribution < -0.4 is 10.8 Å². The van der Waals surface area contributed by atoms with Gasteiger partial charge in [-0.15, -0.1) is 0 Å². The lowest BCUT2D eigenvalue weighted by Gasteiger charge is -1.91. The minimum absolute atomic E-state index is 0.313. The minimum atomic E-state index is -0.530. The van der Waals surface area contributed by atoms with E-state index >= 15 is 0 Å². The summed E-state index contributed by atoms with van der Waals surface area (Å²) in [6, 6.07) is -0.530. The van der Waals surface area contributed by atoms with Crippen molar-refractivity contribution in [2.24, 2.45) is 9.98 Å². The molecule has 0 radical (unpaired) electrons. The van der Waals surface area contributed by atoms with Gasteiger partial charge in [0.1, 0.15) is 5.36 Å². The van der Waals surface area contributed by atoms with Gasteiger partial charge in [-0.1, -0.05) is 24.0 Å². The number of nitrogens with one attached hydrogen (secondary N) is 1. The van der Waals surface area contributed by atoms with E-state index in [-0.39, 0.29) is 0 Å². The van der Waals surface area contributed by atoms with E-state index in [1.54, 1.807) is 0 Å². The first-order valence-electron chi connectivity index (χ1n) is 3.36. The van der Waals surface area contributed by atoms with E-state index in [1.807, 2.05) is 6.26 Å². The maximum absolute atomic E-state index is 10.8. The largest absolute Gasteiger partial charge is 0.369 e. The van der Waals surface area contributed by atoms with Gasteiger partial charge in [-0.25, -0.2) is 9.78 Å². The predicted molar refractivity (Wildman–Crippen MR) is 48.9 cm³/mol. The van der Waals surface area contributed by atoms with E-state index in [0.717, 1.165) is 0 Å². The van der Waals surface area contributed by atoms with Crippen molar-refractivity contribution >= 4 is 30.0 Å². The zero-order chi connectivity index (χ0) is 9.42. The van der Waals surface area contributed by atoms with E-state index in [2.05, 4.69) is 20.0 Å². The van der Waals surface area contributed by atoms with E-state index in [1.165, 1.54) is 11.8 Å². The molecule has 0 spiro atoms. The molecule has 0 atom stereocenters. The average molecular weight is 212 g/mol. The smallest absolute Gasteiger partial charge is 0.317 e. The number of fused-ring (bicyclic) bond motifs is 1. The van der Waals surface area contributed by atoms with Crippen molar-refractivity contribution in [2.75, 3.05) is 6.26 Å². The second kappa shape index (κ2) is 3.00. The summed E-state index contributed by atoms with van der Waals surface area (Å²) in [5.41, 5.74) is 0.411. The molecule has 1 aromatic heterocycles. The van der Waals surface area contributed by atoms with Crippen molar-refractivity contribution in [3.63, 3.8) is 0 Å². The Kier molecular flexibility index (Phi) is 1.97. The summed E-state index contributed by atoms with van der Waals surface area (Å²) in [7, 11) is 0. The Morgan fingerprint density at radius 3 is 2.92 bits per heavy atom. The third-order valence-electron chi connectivity index (χ3n) is 1.46. The minimum Gasteiger partial charge on any atom is -0.317 e. The zero-order valence-corrected chi connectivity index (χ0v) is 8.20. The van der Waals surface area contributed by atoms with Gasteiger partial charge in [0.2, 0.25) is 0 Å². The maximum atomic E-state index is 10.8. The molecule has 2 rings (SSSR count). The van der Waals surface area contributed by atoms with Gasteiger partial charge in [-0.2, -0.15) is 9.98 Å². The summed E-state index contributed by atoms with van der Waals surface area (Å²) in [6.45, 7) is 0. The first-order valence-corrected chi connectivity index (χ1v) is 5.00. The van der Waals surface area contributed by atoms with Gasteiger partial charge in [0.15, 0.2) is 15.3 Å². The molecule has 0 saturated heterocycles. The molecule has 1 aliphatic heterocycles. The molecule has 2 amide bonds. The molecular weight excluding hydrogens is 208 g/mol. The summed E-state index contributed by atoms with van der Waals surface area (Å²) in [5.74, 6) is 0. The number of aromatic amines is 1. The molecule has 0 aliphatic carbocycles. The molecule has 0 unspecified atom stereocenters. The van der Waals surface area contributed by atoms with Crippen LogP contribution in [-0.2, 0) is 0 Å². The first-order chi connectivity index (χ1) is 6.20. The topological polar surface area (TPSA) is 70.5 Å². The van der Waals surface area contributed by atoms with Gasteiger partial charge in [-0.05, 0) is 6.26 Å². The molecule has 7 heteroatoms. The predicted octanol–water partition coefficient (Wildman–Crippen LogP) is 0.234. The Labute approximate surface area is 82.0 Å². The van der Waals surface area contributed by atoms with Gasteiger partial charge in [0.25, 0.3) is 0 Å². The average Bonchev–Trinajstić information content (AvgIpc) is 2.46.